The fraction of sp³-hybridized carbons (Fsp3) is 0.643. The molecule has 1 aromatic heterocycles. The van der Waals surface area contributed by atoms with Crippen LogP contribution in [-0.2, 0) is 16.1 Å². The summed E-state index contributed by atoms with van der Waals surface area (Å²) in [6.45, 7) is 4.50. The highest BCUT2D eigenvalue weighted by atomic mass is 16.5. The Kier molecular flexibility index (Phi) is 5.32. The van der Waals surface area contributed by atoms with Gasteiger partial charge in [0.2, 0.25) is 5.91 Å². The number of nitrogens with two attached hydrogens (primary N) is 1. The van der Waals surface area contributed by atoms with Crippen molar-refractivity contribution < 1.29 is 9.53 Å². The van der Waals surface area contributed by atoms with E-state index in [9.17, 15) is 4.79 Å². The molecule has 0 spiro atoms. The van der Waals surface area contributed by atoms with Crippen LogP contribution in [0, 0.1) is 5.92 Å². The van der Waals surface area contributed by atoms with E-state index in [-0.39, 0.29) is 11.8 Å². The molecule has 7 heteroatoms. The van der Waals surface area contributed by atoms with E-state index < -0.39 is 0 Å². The van der Waals surface area contributed by atoms with Gasteiger partial charge in [0.15, 0.2) is 5.82 Å². The summed E-state index contributed by atoms with van der Waals surface area (Å²) < 4.78 is 5.33. The molecule has 1 aromatic rings. The number of aromatic nitrogens is 2. The zero-order valence-corrected chi connectivity index (χ0v) is 12.6. The zero-order chi connectivity index (χ0) is 15.2. The number of amides is 1. The monoisotopic (exact) mass is 293 g/mol. The van der Waals surface area contributed by atoms with Gasteiger partial charge in [-0.25, -0.2) is 9.97 Å². The first-order valence-corrected chi connectivity index (χ1v) is 7.31. The van der Waals surface area contributed by atoms with Crippen LogP contribution in [0.2, 0.25) is 0 Å². The largest absolute Gasteiger partial charge is 0.384 e. The van der Waals surface area contributed by atoms with Crippen LogP contribution in [0.3, 0.4) is 0 Å². The SMILES string of the molecule is CCOCc1nc(N)cc(N2CCC(C(=O)NC)CC2)n1. The quantitative estimate of drug-likeness (QED) is 0.824. The molecule has 1 saturated heterocycles. The molecule has 21 heavy (non-hydrogen) atoms. The van der Waals surface area contributed by atoms with Crippen LogP contribution in [0.5, 0.6) is 0 Å². The smallest absolute Gasteiger partial charge is 0.222 e. The summed E-state index contributed by atoms with van der Waals surface area (Å²) in [4.78, 5) is 22.5. The van der Waals surface area contributed by atoms with Crippen LogP contribution in [0.25, 0.3) is 0 Å². The molecule has 2 heterocycles. The zero-order valence-electron chi connectivity index (χ0n) is 12.6. The second kappa shape index (κ2) is 7.21. The number of hydrogen-bond acceptors (Lipinski definition) is 6. The normalized spacial score (nSPS) is 16.0. The Balaban J connectivity index is 2.02. The van der Waals surface area contributed by atoms with Gasteiger partial charge in [-0.1, -0.05) is 0 Å². The first-order valence-electron chi connectivity index (χ1n) is 7.31. The Morgan fingerprint density at radius 2 is 2.19 bits per heavy atom. The van der Waals surface area contributed by atoms with Gasteiger partial charge in [0.25, 0.3) is 0 Å². The lowest BCUT2D eigenvalue weighted by Gasteiger charge is -2.32. The minimum Gasteiger partial charge on any atom is -0.384 e. The van der Waals surface area contributed by atoms with Gasteiger partial charge in [0, 0.05) is 38.7 Å². The average Bonchev–Trinajstić information content (AvgIpc) is 2.51. The molecular weight excluding hydrogens is 270 g/mol. The Morgan fingerprint density at radius 3 is 2.81 bits per heavy atom. The number of anilines is 2. The molecule has 0 atom stereocenters. The number of carbonyl (C=O) groups excluding carboxylic acids is 1. The van der Waals surface area contributed by atoms with Crippen LogP contribution >= 0.6 is 0 Å². The van der Waals surface area contributed by atoms with E-state index in [1.165, 1.54) is 0 Å². The van der Waals surface area contributed by atoms with Crippen molar-refractivity contribution in [1.82, 2.24) is 15.3 Å². The molecule has 2 rings (SSSR count). The van der Waals surface area contributed by atoms with Crippen LogP contribution in [0.15, 0.2) is 6.07 Å². The van der Waals surface area contributed by atoms with E-state index >= 15 is 0 Å². The van der Waals surface area contributed by atoms with Crippen molar-refractivity contribution >= 4 is 17.5 Å². The summed E-state index contributed by atoms with van der Waals surface area (Å²) in [5, 5.41) is 2.71. The fourth-order valence-electron chi connectivity index (χ4n) is 2.50. The van der Waals surface area contributed by atoms with Gasteiger partial charge < -0.3 is 20.7 Å². The van der Waals surface area contributed by atoms with Crippen molar-refractivity contribution in [1.29, 1.82) is 0 Å². The average molecular weight is 293 g/mol. The maximum Gasteiger partial charge on any atom is 0.222 e. The lowest BCUT2D eigenvalue weighted by atomic mass is 9.96. The van der Waals surface area contributed by atoms with Gasteiger partial charge in [-0.05, 0) is 19.8 Å². The van der Waals surface area contributed by atoms with Crippen molar-refractivity contribution in [3.8, 4) is 0 Å². The Bertz CT molecular complexity index is 486. The van der Waals surface area contributed by atoms with E-state index in [0.717, 1.165) is 31.7 Å². The minimum atomic E-state index is 0.0910. The lowest BCUT2D eigenvalue weighted by molar-refractivity contribution is -0.125. The standard InChI is InChI=1S/C14H23N5O2/c1-3-21-9-12-17-11(15)8-13(18-12)19-6-4-10(5-7-19)14(20)16-2/h8,10H,3-7,9H2,1-2H3,(H,16,20)(H2,15,17,18). The van der Waals surface area contributed by atoms with E-state index in [1.54, 1.807) is 13.1 Å². The highest BCUT2D eigenvalue weighted by Crippen LogP contribution is 2.23. The highest BCUT2D eigenvalue weighted by molar-refractivity contribution is 5.78. The summed E-state index contributed by atoms with van der Waals surface area (Å²) in [7, 11) is 1.68. The van der Waals surface area contributed by atoms with Crippen molar-refractivity contribution in [2.24, 2.45) is 5.92 Å². The van der Waals surface area contributed by atoms with Crippen LogP contribution in [-0.4, -0.2) is 42.6 Å². The molecule has 1 amide bonds. The van der Waals surface area contributed by atoms with Gasteiger partial charge in [-0.3, -0.25) is 4.79 Å². The molecular formula is C14H23N5O2. The number of rotatable bonds is 5. The number of ether oxygens (including phenoxy) is 1. The van der Waals surface area contributed by atoms with Gasteiger partial charge in [-0.15, -0.1) is 0 Å². The maximum absolute atomic E-state index is 11.6. The Labute approximate surface area is 124 Å². The minimum absolute atomic E-state index is 0.0910. The highest BCUT2D eigenvalue weighted by Gasteiger charge is 2.25. The van der Waals surface area contributed by atoms with Crippen LogP contribution in [0.1, 0.15) is 25.6 Å². The van der Waals surface area contributed by atoms with Gasteiger partial charge in [-0.2, -0.15) is 0 Å². The molecule has 0 unspecified atom stereocenters. The summed E-state index contributed by atoms with van der Waals surface area (Å²) in [5.41, 5.74) is 5.84. The fourth-order valence-corrected chi connectivity index (χ4v) is 2.50. The third-order valence-corrected chi connectivity index (χ3v) is 3.65. The molecule has 116 valence electrons. The summed E-state index contributed by atoms with van der Waals surface area (Å²) in [5.74, 6) is 2.07. The number of carbonyl (C=O) groups is 1. The first kappa shape index (κ1) is 15.5. The molecule has 0 aromatic carbocycles. The van der Waals surface area contributed by atoms with Crippen LogP contribution in [0.4, 0.5) is 11.6 Å². The molecule has 3 N–H and O–H groups in total. The van der Waals surface area contributed by atoms with Gasteiger partial charge in [0.1, 0.15) is 18.2 Å². The van der Waals surface area contributed by atoms with Gasteiger partial charge >= 0.3 is 0 Å². The van der Waals surface area contributed by atoms with Crippen molar-refractivity contribution in [3.63, 3.8) is 0 Å². The summed E-state index contributed by atoms with van der Waals surface area (Å²) in [6, 6.07) is 1.77. The number of nitrogen functional groups attached to an aromatic ring is 1. The molecule has 1 aliphatic rings. The molecule has 1 fully saturated rings. The number of hydrogen-bond donors (Lipinski definition) is 2. The Hall–Kier alpha value is -1.89. The summed E-state index contributed by atoms with van der Waals surface area (Å²) in [6.07, 6.45) is 1.65. The van der Waals surface area contributed by atoms with E-state index in [0.29, 0.717) is 24.9 Å². The topological polar surface area (TPSA) is 93.4 Å². The molecule has 0 aliphatic carbocycles. The van der Waals surface area contributed by atoms with E-state index in [2.05, 4.69) is 20.2 Å². The number of nitrogens with zero attached hydrogens (tertiary/aromatic N) is 3. The lowest BCUT2D eigenvalue weighted by Crippen LogP contribution is -2.40. The molecule has 0 bridgehead atoms. The molecule has 7 nitrogen and oxygen atoms in total. The van der Waals surface area contributed by atoms with E-state index in [4.69, 9.17) is 10.5 Å². The molecule has 0 saturated carbocycles. The molecule has 0 radical (unpaired) electrons. The number of piperidine rings is 1. The second-order valence-electron chi connectivity index (χ2n) is 5.08. The predicted molar refractivity (Wildman–Crippen MR) is 80.8 cm³/mol. The van der Waals surface area contributed by atoms with Crippen molar-refractivity contribution in [2.45, 2.75) is 26.4 Å². The predicted octanol–water partition coefficient (Wildman–Crippen LogP) is 0.558. The second-order valence-corrected chi connectivity index (χ2v) is 5.08. The third-order valence-electron chi connectivity index (χ3n) is 3.65. The van der Waals surface area contributed by atoms with Crippen molar-refractivity contribution in [3.05, 3.63) is 11.9 Å². The molecule has 1 aliphatic heterocycles. The Morgan fingerprint density at radius 1 is 1.48 bits per heavy atom. The summed E-state index contributed by atoms with van der Waals surface area (Å²) >= 11 is 0. The van der Waals surface area contributed by atoms with Crippen molar-refractivity contribution in [2.75, 3.05) is 37.4 Å². The third kappa shape index (κ3) is 4.04. The van der Waals surface area contributed by atoms with Crippen LogP contribution < -0.4 is 16.0 Å². The first-order chi connectivity index (χ1) is 10.1. The van der Waals surface area contributed by atoms with Gasteiger partial charge in [0.05, 0.1) is 0 Å². The van der Waals surface area contributed by atoms with E-state index in [1.807, 2.05) is 6.92 Å². The number of nitrogens with one attached hydrogen (secondary N) is 1. The maximum atomic E-state index is 11.6.